The zero-order chi connectivity index (χ0) is 17.1. The van der Waals surface area contributed by atoms with Gasteiger partial charge in [-0.25, -0.2) is 4.99 Å². The second-order valence-electron chi connectivity index (χ2n) is 5.50. The van der Waals surface area contributed by atoms with Crippen LogP contribution in [0.25, 0.3) is 11.8 Å². The molecule has 4 rings (SSSR count). The molecule has 4 nitrogen and oxygen atoms in total. The highest BCUT2D eigenvalue weighted by Crippen LogP contribution is 2.28. The van der Waals surface area contributed by atoms with Crippen molar-refractivity contribution < 1.29 is 4.79 Å². The van der Waals surface area contributed by atoms with E-state index < -0.39 is 0 Å². The van der Waals surface area contributed by atoms with Crippen LogP contribution in [0.3, 0.4) is 0 Å². The van der Waals surface area contributed by atoms with Gasteiger partial charge in [-0.1, -0.05) is 30.3 Å². The zero-order valence-corrected chi connectivity index (χ0v) is 14.1. The molecular formula is C20H15N3OS. The van der Waals surface area contributed by atoms with Crippen LogP contribution in [0.1, 0.15) is 5.56 Å². The largest absolute Gasteiger partial charge is 0.324 e. The second-order valence-corrected chi connectivity index (χ2v) is 6.53. The van der Waals surface area contributed by atoms with Crippen molar-refractivity contribution in [2.75, 3.05) is 0 Å². The van der Waals surface area contributed by atoms with Crippen LogP contribution in [-0.2, 0) is 4.79 Å². The molecule has 0 atom stereocenters. The third-order valence-corrected chi connectivity index (χ3v) is 4.62. The van der Waals surface area contributed by atoms with Crippen LogP contribution in [0.2, 0.25) is 0 Å². The van der Waals surface area contributed by atoms with Gasteiger partial charge < -0.3 is 9.88 Å². The predicted octanol–water partition coefficient (Wildman–Crippen LogP) is 4.37. The van der Waals surface area contributed by atoms with Crippen molar-refractivity contribution in [3.63, 3.8) is 0 Å². The summed E-state index contributed by atoms with van der Waals surface area (Å²) in [5, 5.41) is 3.42. The first-order valence-corrected chi connectivity index (χ1v) is 8.68. The van der Waals surface area contributed by atoms with E-state index in [1.807, 2.05) is 89.8 Å². The number of hydrogen-bond acceptors (Lipinski definition) is 3. The monoisotopic (exact) mass is 345 g/mol. The molecule has 1 aromatic heterocycles. The molecule has 0 saturated carbocycles. The number of carbonyl (C=O) groups excluding carboxylic acids is 1. The lowest BCUT2D eigenvalue weighted by Gasteiger charge is -2.04. The standard InChI is InChI=1S/C20H15N3OS/c24-19-18(25-20(22-19)21-16-8-2-1-3-9-16)14-15-7-6-10-17(13-15)23-11-4-5-12-23/h1-14H,(H,21,22,24)/b18-14+. The van der Waals surface area contributed by atoms with Gasteiger partial charge in [0.1, 0.15) is 0 Å². The fraction of sp³-hybridized carbons (Fsp3) is 0. The number of aliphatic imine (C=N–C) groups is 1. The number of aromatic nitrogens is 1. The maximum absolute atomic E-state index is 12.2. The summed E-state index contributed by atoms with van der Waals surface area (Å²) in [4.78, 5) is 17.3. The van der Waals surface area contributed by atoms with Gasteiger partial charge in [-0.15, -0.1) is 0 Å². The summed E-state index contributed by atoms with van der Waals surface area (Å²) in [5.74, 6) is -0.119. The van der Waals surface area contributed by atoms with Crippen molar-refractivity contribution >= 4 is 34.6 Å². The minimum atomic E-state index is -0.119. The summed E-state index contributed by atoms with van der Waals surface area (Å²) in [5.41, 5.74) is 2.85. The van der Waals surface area contributed by atoms with Crippen LogP contribution >= 0.6 is 11.8 Å². The van der Waals surface area contributed by atoms with Gasteiger partial charge >= 0.3 is 0 Å². The van der Waals surface area contributed by atoms with Crippen molar-refractivity contribution in [2.24, 2.45) is 4.99 Å². The molecule has 1 fully saturated rings. The molecule has 0 unspecified atom stereocenters. The van der Waals surface area contributed by atoms with E-state index in [0.717, 1.165) is 16.9 Å². The number of amides is 1. The summed E-state index contributed by atoms with van der Waals surface area (Å²) in [7, 11) is 0. The number of nitrogens with zero attached hydrogens (tertiary/aromatic N) is 2. The molecule has 2 aromatic carbocycles. The van der Waals surface area contributed by atoms with Crippen molar-refractivity contribution in [3.8, 4) is 5.69 Å². The Morgan fingerprint density at radius 2 is 1.76 bits per heavy atom. The van der Waals surface area contributed by atoms with E-state index >= 15 is 0 Å². The van der Waals surface area contributed by atoms with Gasteiger partial charge in [-0.05, 0) is 59.8 Å². The lowest BCUT2D eigenvalue weighted by molar-refractivity contribution is -0.115. The number of para-hydroxylation sites is 1. The first kappa shape index (κ1) is 15.5. The molecule has 1 aliphatic rings. The van der Waals surface area contributed by atoms with Crippen LogP contribution in [0, 0.1) is 0 Å². The lowest BCUT2D eigenvalue weighted by Crippen LogP contribution is -2.19. The molecular weight excluding hydrogens is 330 g/mol. The normalized spacial score (nSPS) is 17.2. The van der Waals surface area contributed by atoms with Gasteiger partial charge in [0.25, 0.3) is 5.91 Å². The first-order valence-electron chi connectivity index (χ1n) is 7.86. The predicted molar refractivity (Wildman–Crippen MR) is 103 cm³/mol. The second kappa shape index (κ2) is 6.83. The Bertz CT molecular complexity index is 960. The third-order valence-electron chi connectivity index (χ3n) is 3.71. The molecule has 1 N–H and O–H groups in total. The van der Waals surface area contributed by atoms with E-state index in [0.29, 0.717) is 10.1 Å². The molecule has 0 aliphatic carbocycles. The summed E-state index contributed by atoms with van der Waals surface area (Å²) >= 11 is 1.36. The quantitative estimate of drug-likeness (QED) is 0.717. The van der Waals surface area contributed by atoms with Crippen molar-refractivity contribution in [2.45, 2.75) is 0 Å². The van der Waals surface area contributed by atoms with Crippen LogP contribution in [0.15, 0.2) is 89.0 Å². The topological polar surface area (TPSA) is 46.4 Å². The van der Waals surface area contributed by atoms with Crippen LogP contribution in [-0.4, -0.2) is 15.6 Å². The van der Waals surface area contributed by atoms with E-state index in [1.54, 1.807) is 0 Å². The van der Waals surface area contributed by atoms with E-state index in [4.69, 9.17) is 0 Å². The molecule has 122 valence electrons. The van der Waals surface area contributed by atoms with Gasteiger partial charge in [0.15, 0.2) is 5.17 Å². The molecule has 2 heterocycles. The Labute approximate surface area is 149 Å². The average Bonchev–Trinajstić information content (AvgIpc) is 3.27. The van der Waals surface area contributed by atoms with E-state index in [-0.39, 0.29) is 5.91 Å². The SMILES string of the molecule is O=C1NC(=Nc2ccccc2)S/C1=C/c1cccc(-n2cccc2)c1. The number of thioether (sulfide) groups is 1. The molecule has 0 radical (unpaired) electrons. The highest BCUT2D eigenvalue weighted by molar-refractivity contribution is 8.18. The average molecular weight is 345 g/mol. The Morgan fingerprint density at radius 1 is 0.960 bits per heavy atom. The molecule has 1 amide bonds. The summed E-state index contributed by atoms with van der Waals surface area (Å²) in [6.45, 7) is 0. The molecule has 1 aliphatic heterocycles. The lowest BCUT2D eigenvalue weighted by atomic mass is 10.2. The van der Waals surface area contributed by atoms with E-state index in [2.05, 4.69) is 10.3 Å². The third kappa shape index (κ3) is 3.56. The summed E-state index contributed by atoms with van der Waals surface area (Å²) < 4.78 is 2.03. The summed E-state index contributed by atoms with van der Waals surface area (Å²) in [6, 6.07) is 21.6. The number of amidine groups is 1. The fourth-order valence-corrected chi connectivity index (χ4v) is 3.38. The Balaban J connectivity index is 1.59. The van der Waals surface area contributed by atoms with E-state index in [9.17, 15) is 4.79 Å². The number of carbonyl (C=O) groups is 1. The summed E-state index contributed by atoms with van der Waals surface area (Å²) in [6.07, 6.45) is 5.88. The first-order chi connectivity index (χ1) is 12.3. The van der Waals surface area contributed by atoms with E-state index in [1.165, 1.54) is 11.8 Å². The zero-order valence-electron chi connectivity index (χ0n) is 13.3. The smallest absolute Gasteiger partial charge is 0.264 e. The van der Waals surface area contributed by atoms with Crippen molar-refractivity contribution in [3.05, 3.63) is 89.6 Å². The molecule has 5 heteroatoms. The van der Waals surface area contributed by atoms with Crippen LogP contribution in [0.4, 0.5) is 5.69 Å². The maximum atomic E-state index is 12.2. The van der Waals surface area contributed by atoms with Crippen LogP contribution < -0.4 is 5.32 Å². The molecule has 25 heavy (non-hydrogen) atoms. The number of rotatable bonds is 3. The van der Waals surface area contributed by atoms with Crippen LogP contribution in [0.5, 0.6) is 0 Å². The van der Waals surface area contributed by atoms with Gasteiger partial charge in [-0.2, -0.15) is 0 Å². The highest BCUT2D eigenvalue weighted by Gasteiger charge is 2.23. The Hall–Kier alpha value is -3.05. The number of benzene rings is 2. The maximum Gasteiger partial charge on any atom is 0.264 e. The number of nitrogens with one attached hydrogen (secondary N) is 1. The molecule has 1 saturated heterocycles. The van der Waals surface area contributed by atoms with Crippen molar-refractivity contribution in [1.82, 2.24) is 9.88 Å². The Morgan fingerprint density at radius 3 is 2.56 bits per heavy atom. The van der Waals surface area contributed by atoms with Gasteiger partial charge in [0.2, 0.25) is 0 Å². The molecule has 0 spiro atoms. The Kier molecular flexibility index (Phi) is 4.23. The fourth-order valence-electron chi connectivity index (χ4n) is 2.53. The van der Waals surface area contributed by atoms with Crippen molar-refractivity contribution in [1.29, 1.82) is 0 Å². The minimum absolute atomic E-state index is 0.119. The number of hydrogen-bond donors (Lipinski definition) is 1. The van der Waals surface area contributed by atoms with Gasteiger partial charge in [0.05, 0.1) is 10.6 Å². The minimum Gasteiger partial charge on any atom is -0.324 e. The highest BCUT2D eigenvalue weighted by atomic mass is 32.2. The molecule has 3 aromatic rings. The van der Waals surface area contributed by atoms with Gasteiger partial charge in [-0.3, -0.25) is 4.79 Å². The van der Waals surface area contributed by atoms with Gasteiger partial charge in [0, 0.05) is 18.1 Å². The molecule has 0 bridgehead atoms.